The Balaban J connectivity index is 1.93. The first kappa shape index (κ1) is 17.7. The summed E-state index contributed by atoms with van der Waals surface area (Å²) in [6, 6.07) is 8.22. The van der Waals surface area contributed by atoms with Gasteiger partial charge in [-0.2, -0.15) is 0 Å². The van der Waals surface area contributed by atoms with Crippen molar-refractivity contribution in [2.75, 3.05) is 30.9 Å². The molecule has 2 aliphatic heterocycles. The number of aliphatic imine (C=N–C) groups is 1. The second-order valence-corrected chi connectivity index (χ2v) is 7.91. The van der Waals surface area contributed by atoms with E-state index in [-0.39, 0.29) is 5.91 Å². The van der Waals surface area contributed by atoms with Crippen LogP contribution in [0.5, 0.6) is 0 Å². The molecule has 0 radical (unpaired) electrons. The van der Waals surface area contributed by atoms with Gasteiger partial charge in [-0.25, -0.2) is 0 Å². The molecular formula is C17H20ClN3OS2. The Labute approximate surface area is 156 Å². The lowest BCUT2D eigenvalue weighted by Gasteiger charge is -2.16. The van der Waals surface area contributed by atoms with Crippen molar-refractivity contribution >= 4 is 51.9 Å². The SMILES string of the molecule is CCCCN1C(=O)/C(=C2/Sc3ccccc3N2C)SC1=NCCCl. The topological polar surface area (TPSA) is 35.9 Å². The van der Waals surface area contributed by atoms with Gasteiger partial charge in [0.05, 0.1) is 17.3 Å². The predicted molar refractivity (Wildman–Crippen MR) is 105 cm³/mol. The number of nitrogens with zero attached hydrogens (tertiary/aromatic N) is 3. The third-order valence-electron chi connectivity index (χ3n) is 3.86. The third-order valence-corrected chi connectivity index (χ3v) is 6.50. The minimum Gasteiger partial charge on any atom is -0.337 e. The van der Waals surface area contributed by atoms with Gasteiger partial charge in [0, 0.05) is 24.4 Å². The van der Waals surface area contributed by atoms with Crippen LogP contribution >= 0.6 is 35.1 Å². The maximum Gasteiger partial charge on any atom is 0.269 e. The van der Waals surface area contributed by atoms with E-state index in [1.165, 1.54) is 16.7 Å². The Hall–Kier alpha value is -1.11. The number of amides is 1. The second-order valence-electron chi connectivity index (χ2n) is 5.53. The minimum absolute atomic E-state index is 0.0592. The molecule has 2 heterocycles. The largest absolute Gasteiger partial charge is 0.337 e. The van der Waals surface area contributed by atoms with Crippen LogP contribution in [-0.2, 0) is 4.79 Å². The van der Waals surface area contributed by atoms with Crippen LogP contribution in [0.1, 0.15) is 19.8 Å². The molecule has 4 nitrogen and oxygen atoms in total. The predicted octanol–water partition coefficient (Wildman–Crippen LogP) is 4.37. The molecule has 7 heteroatoms. The highest BCUT2D eigenvalue weighted by molar-refractivity contribution is 8.19. The van der Waals surface area contributed by atoms with E-state index in [1.807, 2.05) is 19.2 Å². The number of anilines is 1. The van der Waals surface area contributed by atoms with Crippen LogP contribution in [0.15, 0.2) is 44.1 Å². The Morgan fingerprint density at radius 3 is 2.75 bits per heavy atom. The maximum atomic E-state index is 13.0. The minimum atomic E-state index is 0.0592. The van der Waals surface area contributed by atoms with Gasteiger partial charge in [0.2, 0.25) is 0 Å². The highest BCUT2D eigenvalue weighted by Gasteiger charge is 2.38. The van der Waals surface area contributed by atoms with Crippen LogP contribution in [0, 0.1) is 0 Å². The molecule has 1 aromatic carbocycles. The van der Waals surface area contributed by atoms with Crippen molar-refractivity contribution in [3.63, 3.8) is 0 Å². The summed E-state index contributed by atoms with van der Waals surface area (Å²) in [5.74, 6) is 0.523. The average molecular weight is 382 g/mol. The van der Waals surface area contributed by atoms with Crippen LogP contribution in [0.2, 0.25) is 0 Å². The molecular weight excluding hydrogens is 362 g/mol. The van der Waals surface area contributed by atoms with E-state index in [1.54, 1.807) is 16.7 Å². The first-order valence-corrected chi connectivity index (χ1v) is 10.2. The molecule has 24 heavy (non-hydrogen) atoms. The zero-order chi connectivity index (χ0) is 17.1. The molecule has 3 rings (SSSR count). The quantitative estimate of drug-likeness (QED) is 0.560. The van der Waals surface area contributed by atoms with E-state index < -0.39 is 0 Å². The van der Waals surface area contributed by atoms with Gasteiger partial charge in [-0.3, -0.25) is 14.7 Å². The molecule has 2 aliphatic rings. The summed E-state index contributed by atoms with van der Waals surface area (Å²) in [5, 5.41) is 1.77. The molecule has 0 atom stereocenters. The van der Waals surface area contributed by atoms with Crippen molar-refractivity contribution in [1.29, 1.82) is 0 Å². The molecule has 1 saturated heterocycles. The van der Waals surface area contributed by atoms with E-state index in [2.05, 4.69) is 28.9 Å². The van der Waals surface area contributed by atoms with Gasteiger partial charge in [0.25, 0.3) is 5.91 Å². The number of fused-ring (bicyclic) bond motifs is 1. The Kier molecular flexibility index (Phi) is 5.79. The van der Waals surface area contributed by atoms with Gasteiger partial charge in [-0.15, -0.1) is 11.6 Å². The number of para-hydroxylation sites is 1. The number of hydrogen-bond acceptors (Lipinski definition) is 5. The summed E-state index contributed by atoms with van der Waals surface area (Å²) in [5.41, 5.74) is 1.14. The van der Waals surface area contributed by atoms with Crippen LogP contribution in [0.4, 0.5) is 5.69 Å². The van der Waals surface area contributed by atoms with Gasteiger partial charge >= 0.3 is 0 Å². The Morgan fingerprint density at radius 1 is 1.25 bits per heavy atom. The first-order chi connectivity index (χ1) is 11.7. The van der Waals surface area contributed by atoms with Crippen LogP contribution in [0.25, 0.3) is 0 Å². The summed E-state index contributed by atoms with van der Waals surface area (Å²) < 4.78 is 0. The van der Waals surface area contributed by atoms with Crippen molar-refractivity contribution in [2.45, 2.75) is 24.7 Å². The van der Waals surface area contributed by atoms with E-state index >= 15 is 0 Å². The lowest BCUT2D eigenvalue weighted by molar-refractivity contribution is -0.122. The third kappa shape index (κ3) is 3.32. The van der Waals surface area contributed by atoms with Crippen LogP contribution in [-0.4, -0.2) is 42.0 Å². The fourth-order valence-corrected chi connectivity index (χ4v) is 5.06. The number of thioether (sulfide) groups is 2. The van der Waals surface area contributed by atoms with Gasteiger partial charge in [0.15, 0.2) is 5.17 Å². The normalized spacial score (nSPS) is 22.0. The smallest absolute Gasteiger partial charge is 0.269 e. The van der Waals surface area contributed by atoms with Gasteiger partial charge in [-0.05, 0) is 30.3 Å². The fraction of sp³-hybridized carbons (Fsp3) is 0.412. The van der Waals surface area contributed by atoms with E-state index in [0.717, 1.165) is 33.6 Å². The molecule has 0 N–H and O–H groups in total. The lowest BCUT2D eigenvalue weighted by atomic mass is 10.3. The summed E-state index contributed by atoms with van der Waals surface area (Å²) in [4.78, 5) is 23.3. The molecule has 128 valence electrons. The standard InChI is InChI=1S/C17H20ClN3OS2/c1-3-4-11-21-15(22)14(24-17(21)19-10-9-18)16-20(2)12-7-5-6-8-13(12)23-16/h5-8H,3-4,9-11H2,1-2H3/b16-14-,19-17?. The Bertz CT molecular complexity index is 705. The van der Waals surface area contributed by atoms with Crippen LogP contribution < -0.4 is 4.90 Å². The fourth-order valence-electron chi connectivity index (χ4n) is 2.60. The summed E-state index contributed by atoms with van der Waals surface area (Å²) in [6.45, 7) is 3.37. The molecule has 0 unspecified atom stereocenters. The van der Waals surface area contributed by atoms with Crippen LogP contribution in [0.3, 0.4) is 0 Å². The van der Waals surface area contributed by atoms with Crippen molar-refractivity contribution in [2.24, 2.45) is 4.99 Å². The van der Waals surface area contributed by atoms with Gasteiger partial charge in [-0.1, -0.05) is 37.2 Å². The van der Waals surface area contributed by atoms with E-state index in [0.29, 0.717) is 19.0 Å². The molecule has 0 saturated carbocycles. The number of carbonyl (C=O) groups is 1. The number of carbonyl (C=O) groups excluding carboxylic acids is 1. The van der Waals surface area contributed by atoms with E-state index in [4.69, 9.17) is 11.6 Å². The molecule has 0 spiro atoms. The molecule has 0 aliphatic carbocycles. The van der Waals surface area contributed by atoms with Crippen molar-refractivity contribution in [3.05, 3.63) is 34.2 Å². The molecule has 0 bridgehead atoms. The number of hydrogen-bond donors (Lipinski definition) is 0. The Morgan fingerprint density at radius 2 is 2.04 bits per heavy atom. The zero-order valence-corrected chi connectivity index (χ0v) is 16.2. The van der Waals surface area contributed by atoms with E-state index in [9.17, 15) is 4.79 Å². The maximum absolute atomic E-state index is 13.0. The average Bonchev–Trinajstić information content (AvgIpc) is 3.09. The molecule has 1 aromatic rings. The second kappa shape index (κ2) is 7.85. The van der Waals surface area contributed by atoms with Gasteiger partial charge in [0.1, 0.15) is 4.91 Å². The number of unbranched alkanes of at least 4 members (excludes halogenated alkanes) is 1. The van der Waals surface area contributed by atoms with Crippen molar-refractivity contribution in [3.8, 4) is 0 Å². The van der Waals surface area contributed by atoms with Crippen molar-refractivity contribution < 1.29 is 4.79 Å². The molecule has 1 fully saturated rings. The number of rotatable bonds is 5. The lowest BCUT2D eigenvalue weighted by Crippen LogP contribution is -2.31. The number of benzene rings is 1. The van der Waals surface area contributed by atoms with Gasteiger partial charge < -0.3 is 4.90 Å². The monoisotopic (exact) mass is 381 g/mol. The number of amidine groups is 1. The molecule has 0 aromatic heterocycles. The first-order valence-electron chi connectivity index (χ1n) is 8.02. The van der Waals surface area contributed by atoms with Crippen molar-refractivity contribution in [1.82, 2.24) is 4.90 Å². The highest BCUT2D eigenvalue weighted by atomic mass is 35.5. The number of halogens is 1. The summed E-state index contributed by atoms with van der Waals surface area (Å²) in [6.07, 6.45) is 2.02. The summed E-state index contributed by atoms with van der Waals surface area (Å²) >= 11 is 8.90. The highest BCUT2D eigenvalue weighted by Crippen LogP contribution is 2.49. The zero-order valence-electron chi connectivity index (χ0n) is 13.8. The molecule has 1 amide bonds. The number of alkyl halides is 1. The summed E-state index contributed by atoms with van der Waals surface area (Å²) in [7, 11) is 2.01.